The van der Waals surface area contributed by atoms with Crippen molar-refractivity contribution in [3.8, 4) is 0 Å². The van der Waals surface area contributed by atoms with Crippen molar-refractivity contribution in [2.75, 3.05) is 20.7 Å². The molecule has 1 N–H and O–H groups in total. The molecule has 0 radical (unpaired) electrons. The highest BCUT2D eigenvalue weighted by molar-refractivity contribution is 5.82. The molecule has 124 valence electrons. The van der Waals surface area contributed by atoms with Gasteiger partial charge in [-0.2, -0.15) is 5.10 Å². The first kappa shape index (κ1) is 16.8. The minimum atomic E-state index is -0.433. The summed E-state index contributed by atoms with van der Waals surface area (Å²) < 4.78 is 6.45. The first-order valence-corrected chi connectivity index (χ1v) is 7.53. The zero-order valence-corrected chi connectivity index (χ0v) is 13.7. The van der Waals surface area contributed by atoms with Crippen LogP contribution in [0.2, 0.25) is 0 Å². The number of nitrogens with one attached hydrogen (secondary N) is 1. The van der Waals surface area contributed by atoms with E-state index in [1.807, 2.05) is 35.9 Å². The van der Waals surface area contributed by atoms with Crippen LogP contribution in [0.4, 0.5) is 4.79 Å². The monoisotopic (exact) mass is 318 g/mol. The fraction of sp³-hybridized carbons (Fsp3) is 0.438. The molecular formula is C16H22N4O3. The number of hydrogen-bond donors (Lipinski definition) is 1. The Hall–Kier alpha value is -2.57. The summed E-state index contributed by atoms with van der Waals surface area (Å²) in [5, 5.41) is 8.35. The van der Waals surface area contributed by atoms with Crippen LogP contribution in [-0.4, -0.2) is 47.9 Å². The average molecular weight is 318 g/mol. The van der Waals surface area contributed by atoms with Crippen molar-refractivity contribution in [1.82, 2.24) is 20.0 Å². The minimum absolute atomic E-state index is 0.105. The van der Waals surface area contributed by atoms with Gasteiger partial charge in [-0.25, -0.2) is 4.79 Å². The topological polar surface area (TPSA) is 76.5 Å². The number of nitrogens with zero attached hydrogens (tertiary/aromatic N) is 3. The van der Waals surface area contributed by atoms with Gasteiger partial charge in [0.25, 0.3) is 0 Å². The van der Waals surface area contributed by atoms with Crippen LogP contribution in [0.15, 0.2) is 24.3 Å². The number of hydrogen-bond acceptors (Lipinski definition) is 4. The lowest BCUT2D eigenvalue weighted by molar-refractivity contribution is -0.118. The second-order valence-electron chi connectivity index (χ2n) is 5.34. The van der Waals surface area contributed by atoms with Gasteiger partial charge in [0.05, 0.1) is 24.4 Å². The zero-order valence-electron chi connectivity index (χ0n) is 13.7. The quantitative estimate of drug-likeness (QED) is 0.625. The fourth-order valence-corrected chi connectivity index (χ4v) is 2.41. The van der Waals surface area contributed by atoms with E-state index in [4.69, 9.17) is 0 Å². The molecule has 2 aromatic rings. The van der Waals surface area contributed by atoms with Crippen LogP contribution in [0, 0.1) is 0 Å². The molecule has 0 fully saturated rings. The van der Waals surface area contributed by atoms with E-state index in [1.165, 1.54) is 7.11 Å². The molecule has 2 amide bonds. The Balaban J connectivity index is 2.17. The number of fused-ring (bicyclic) bond motifs is 1. The summed E-state index contributed by atoms with van der Waals surface area (Å²) in [4.78, 5) is 23.6. The third kappa shape index (κ3) is 3.80. The largest absolute Gasteiger partial charge is 0.453 e. The van der Waals surface area contributed by atoms with Gasteiger partial charge in [-0.1, -0.05) is 18.2 Å². The Bertz CT molecular complexity index is 683. The number of benzene rings is 1. The van der Waals surface area contributed by atoms with Crippen molar-refractivity contribution in [2.45, 2.75) is 25.9 Å². The van der Waals surface area contributed by atoms with E-state index in [0.717, 1.165) is 29.4 Å². The van der Waals surface area contributed by atoms with Gasteiger partial charge in [0.15, 0.2) is 0 Å². The molecule has 0 aliphatic carbocycles. The van der Waals surface area contributed by atoms with Gasteiger partial charge in [0.1, 0.15) is 0 Å². The summed E-state index contributed by atoms with van der Waals surface area (Å²) in [5.74, 6) is 0. The van der Waals surface area contributed by atoms with Crippen LogP contribution in [0.1, 0.15) is 25.1 Å². The van der Waals surface area contributed by atoms with Crippen LogP contribution in [0.5, 0.6) is 0 Å². The van der Waals surface area contributed by atoms with E-state index in [0.29, 0.717) is 13.1 Å². The Labute approximate surface area is 135 Å². The second-order valence-corrected chi connectivity index (χ2v) is 5.34. The molecule has 1 atom stereocenters. The predicted molar refractivity (Wildman–Crippen MR) is 87.0 cm³/mol. The van der Waals surface area contributed by atoms with Gasteiger partial charge in [-0.15, -0.1) is 0 Å². The van der Waals surface area contributed by atoms with Gasteiger partial charge in [-0.05, 0) is 19.4 Å². The summed E-state index contributed by atoms with van der Waals surface area (Å²) in [6.07, 6.45) is 1.11. The predicted octanol–water partition coefficient (Wildman–Crippen LogP) is 1.93. The molecular weight excluding hydrogens is 296 g/mol. The Kier molecular flexibility index (Phi) is 5.56. The number of aromatic nitrogens is 2. The number of aryl methyl sites for hydroxylation is 1. The summed E-state index contributed by atoms with van der Waals surface area (Å²) in [6.45, 7) is 3.13. The number of carbonyl (C=O) groups excluding carboxylic acids is 2. The van der Waals surface area contributed by atoms with Crippen molar-refractivity contribution in [1.29, 1.82) is 0 Å². The number of rotatable bonds is 7. The highest BCUT2D eigenvalue weighted by atomic mass is 16.5. The number of methoxy groups -OCH3 is 1. The van der Waals surface area contributed by atoms with Gasteiger partial charge in [0, 0.05) is 25.5 Å². The van der Waals surface area contributed by atoms with Crippen molar-refractivity contribution in [3.05, 3.63) is 30.0 Å². The lowest BCUT2D eigenvalue weighted by atomic mass is 10.1. The van der Waals surface area contributed by atoms with E-state index < -0.39 is 6.09 Å². The Morgan fingerprint density at radius 3 is 2.91 bits per heavy atom. The fourth-order valence-electron chi connectivity index (χ4n) is 2.41. The lowest BCUT2D eigenvalue weighted by Gasteiger charge is -2.18. The van der Waals surface area contributed by atoms with E-state index in [1.54, 1.807) is 11.9 Å². The molecule has 1 heterocycles. The normalized spacial score (nSPS) is 12.0. The average Bonchev–Trinajstić information content (AvgIpc) is 2.96. The molecule has 7 heteroatoms. The van der Waals surface area contributed by atoms with Crippen molar-refractivity contribution < 1.29 is 14.3 Å². The van der Waals surface area contributed by atoms with Crippen LogP contribution in [0.3, 0.4) is 0 Å². The number of carbonyl (C=O) groups is 2. The summed E-state index contributed by atoms with van der Waals surface area (Å²) in [6, 6.07) is 7.84. The van der Waals surface area contributed by atoms with Crippen LogP contribution >= 0.6 is 0 Å². The molecule has 1 aromatic heterocycles. The molecule has 23 heavy (non-hydrogen) atoms. The van der Waals surface area contributed by atoms with Crippen LogP contribution < -0.4 is 5.32 Å². The van der Waals surface area contributed by atoms with Gasteiger partial charge < -0.3 is 15.0 Å². The molecule has 0 bridgehead atoms. The Morgan fingerprint density at radius 2 is 2.22 bits per heavy atom. The van der Waals surface area contributed by atoms with E-state index in [2.05, 4.69) is 15.2 Å². The first-order chi connectivity index (χ1) is 11.1. The molecule has 0 aliphatic heterocycles. The SMILES string of the molecule is COC(=O)NCCCn1nc([C@@H](C)N(C)C=O)c2ccccc21. The smallest absolute Gasteiger partial charge is 0.406 e. The molecule has 7 nitrogen and oxygen atoms in total. The summed E-state index contributed by atoms with van der Waals surface area (Å²) in [7, 11) is 3.08. The lowest BCUT2D eigenvalue weighted by Crippen LogP contribution is -2.25. The molecule has 0 saturated carbocycles. The number of alkyl carbamates (subject to hydrolysis) is 1. The van der Waals surface area contributed by atoms with E-state index in [9.17, 15) is 9.59 Å². The maximum atomic E-state index is 11.0. The first-order valence-electron chi connectivity index (χ1n) is 7.53. The maximum Gasteiger partial charge on any atom is 0.406 e. The number of para-hydroxylation sites is 1. The molecule has 1 aromatic carbocycles. The van der Waals surface area contributed by atoms with E-state index in [-0.39, 0.29) is 6.04 Å². The van der Waals surface area contributed by atoms with Gasteiger partial charge in [-0.3, -0.25) is 9.48 Å². The van der Waals surface area contributed by atoms with Crippen LogP contribution in [0.25, 0.3) is 10.9 Å². The number of amides is 2. The summed E-state index contributed by atoms with van der Waals surface area (Å²) >= 11 is 0. The Morgan fingerprint density at radius 1 is 1.48 bits per heavy atom. The molecule has 0 spiro atoms. The van der Waals surface area contributed by atoms with Crippen LogP contribution in [-0.2, 0) is 16.1 Å². The van der Waals surface area contributed by atoms with E-state index >= 15 is 0 Å². The van der Waals surface area contributed by atoms with Crippen molar-refractivity contribution in [3.63, 3.8) is 0 Å². The van der Waals surface area contributed by atoms with Crippen molar-refractivity contribution in [2.24, 2.45) is 0 Å². The second kappa shape index (κ2) is 7.62. The molecule has 0 aliphatic rings. The third-order valence-corrected chi connectivity index (χ3v) is 3.86. The van der Waals surface area contributed by atoms with Crippen molar-refractivity contribution >= 4 is 23.4 Å². The van der Waals surface area contributed by atoms with Gasteiger partial charge in [0.2, 0.25) is 6.41 Å². The third-order valence-electron chi connectivity index (χ3n) is 3.86. The minimum Gasteiger partial charge on any atom is -0.453 e. The highest BCUT2D eigenvalue weighted by Crippen LogP contribution is 2.26. The number of ether oxygens (including phenoxy) is 1. The molecule has 0 saturated heterocycles. The highest BCUT2D eigenvalue weighted by Gasteiger charge is 2.18. The molecule has 2 rings (SSSR count). The zero-order chi connectivity index (χ0) is 16.8. The standard InChI is InChI=1S/C16H22N4O3/c1-12(19(2)11-21)15-13-7-4-5-8-14(13)20(18-15)10-6-9-17-16(22)23-3/h4-5,7-8,11-12H,6,9-10H2,1-3H3,(H,17,22)/t12-/m1/s1. The van der Waals surface area contributed by atoms with Gasteiger partial charge >= 0.3 is 6.09 Å². The summed E-state index contributed by atoms with van der Waals surface area (Å²) in [5.41, 5.74) is 1.89. The molecule has 0 unspecified atom stereocenters. The maximum absolute atomic E-state index is 11.0.